The van der Waals surface area contributed by atoms with E-state index in [1.54, 1.807) is 24.3 Å². The van der Waals surface area contributed by atoms with E-state index in [-0.39, 0.29) is 5.02 Å². The van der Waals surface area contributed by atoms with Gasteiger partial charge in [0.1, 0.15) is 17.3 Å². The first-order chi connectivity index (χ1) is 10.2. The van der Waals surface area contributed by atoms with Crippen molar-refractivity contribution in [2.75, 3.05) is 13.2 Å². The van der Waals surface area contributed by atoms with Crippen LogP contribution in [0.4, 0.5) is 4.39 Å². The molecule has 0 amide bonds. The highest BCUT2D eigenvalue weighted by molar-refractivity contribution is 6.30. The van der Waals surface area contributed by atoms with Gasteiger partial charge in [0, 0.05) is 12.5 Å². The van der Waals surface area contributed by atoms with Crippen LogP contribution in [0, 0.1) is 17.1 Å². The maximum atomic E-state index is 13.0. The van der Waals surface area contributed by atoms with E-state index in [0.29, 0.717) is 36.7 Å². The summed E-state index contributed by atoms with van der Waals surface area (Å²) >= 11 is 5.66. The van der Waals surface area contributed by atoms with Crippen LogP contribution in [0.3, 0.4) is 0 Å². The van der Waals surface area contributed by atoms with E-state index < -0.39 is 5.82 Å². The third-order valence-electron chi connectivity index (χ3n) is 2.70. The number of hydrogen-bond acceptors (Lipinski definition) is 3. The Labute approximate surface area is 127 Å². The van der Waals surface area contributed by atoms with E-state index in [1.165, 1.54) is 18.2 Å². The van der Waals surface area contributed by atoms with E-state index in [2.05, 4.69) is 0 Å². The molecule has 0 spiro atoms. The minimum Gasteiger partial charge on any atom is -0.493 e. The van der Waals surface area contributed by atoms with Crippen molar-refractivity contribution in [3.05, 3.63) is 58.9 Å². The van der Waals surface area contributed by atoms with Crippen LogP contribution in [0.15, 0.2) is 42.5 Å². The van der Waals surface area contributed by atoms with E-state index in [4.69, 9.17) is 26.3 Å². The maximum Gasteiger partial charge on any atom is 0.142 e. The summed E-state index contributed by atoms with van der Waals surface area (Å²) in [4.78, 5) is 0. The molecule has 0 bridgehead atoms. The molecule has 0 aromatic heterocycles. The fourth-order valence-electron chi connectivity index (χ4n) is 1.63. The molecule has 0 N–H and O–H groups in total. The van der Waals surface area contributed by atoms with Crippen molar-refractivity contribution in [3.63, 3.8) is 0 Å². The second-order valence-corrected chi connectivity index (χ2v) is 4.67. The van der Waals surface area contributed by atoms with Gasteiger partial charge < -0.3 is 9.47 Å². The lowest BCUT2D eigenvalue weighted by Crippen LogP contribution is -2.05. The number of halogens is 2. The molecule has 0 saturated carbocycles. The molecule has 21 heavy (non-hydrogen) atoms. The molecule has 0 unspecified atom stereocenters. The van der Waals surface area contributed by atoms with Gasteiger partial charge in [0.25, 0.3) is 0 Å². The van der Waals surface area contributed by atoms with Crippen molar-refractivity contribution in [2.24, 2.45) is 0 Å². The topological polar surface area (TPSA) is 42.2 Å². The first-order valence-electron chi connectivity index (χ1n) is 6.40. The van der Waals surface area contributed by atoms with Crippen molar-refractivity contribution in [1.29, 1.82) is 5.26 Å². The number of nitriles is 1. The molecule has 2 aromatic rings. The van der Waals surface area contributed by atoms with Crippen LogP contribution in [0.25, 0.3) is 0 Å². The number of hydrogen-bond donors (Lipinski definition) is 0. The van der Waals surface area contributed by atoms with Gasteiger partial charge in [0.15, 0.2) is 0 Å². The second-order valence-electron chi connectivity index (χ2n) is 4.26. The molecule has 2 rings (SSSR count). The first kappa shape index (κ1) is 15.1. The van der Waals surface area contributed by atoms with Gasteiger partial charge in [0.05, 0.1) is 29.9 Å². The molecule has 0 fully saturated rings. The fraction of sp³-hybridized carbons (Fsp3) is 0.188. The second kappa shape index (κ2) is 7.51. The van der Waals surface area contributed by atoms with Crippen LogP contribution in [0.5, 0.6) is 11.5 Å². The first-order valence-corrected chi connectivity index (χ1v) is 6.77. The zero-order valence-electron chi connectivity index (χ0n) is 11.2. The SMILES string of the molecule is N#Cc1ccc(OCCCOc2ccc(F)c(Cl)c2)cc1. The molecule has 0 heterocycles. The molecule has 108 valence electrons. The van der Waals surface area contributed by atoms with Gasteiger partial charge in [0.2, 0.25) is 0 Å². The standard InChI is InChI=1S/C16H13ClFNO2/c17-15-10-14(6-7-16(15)18)21-9-1-8-20-13-4-2-12(11-19)3-5-13/h2-7,10H,1,8-9H2. The highest BCUT2D eigenvalue weighted by Crippen LogP contribution is 2.21. The summed E-state index contributed by atoms with van der Waals surface area (Å²) in [5.41, 5.74) is 0.596. The van der Waals surface area contributed by atoms with Crippen LogP contribution >= 0.6 is 11.6 Å². The van der Waals surface area contributed by atoms with E-state index in [1.807, 2.05) is 6.07 Å². The van der Waals surface area contributed by atoms with Crippen molar-refractivity contribution in [2.45, 2.75) is 6.42 Å². The van der Waals surface area contributed by atoms with Crippen LogP contribution in [-0.2, 0) is 0 Å². The van der Waals surface area contributed by atoms with Crippen LogP contribution in [0.1, 0.15) is 12.0 Å². The summed E-state index contributed by atoms with van der Waals surface area (Å²) in [5.74, 6) is 0.770. The molecule has 5 heteroatoms. The van der Waals surface area contributed by atoms with E-state index in [0.717, 1.165) is 0 Å². The van der Waals surface area contributed by atoms with Crippen molar-refractivity contribution >= 4 is 11.6 Å². The summed E-state index contributed by atoms with van der Waals surface area (Å²) in [7, 11) is 0. The zero-order chi connectivity index (χ0) is 15.1. The van der Waals surface area contributed by atoms with Gasteiger partial charge >= 0.3 is 0 Å². The van der Waals surface area contributed by atoms with Crippen molar-refractivity contribution < 1.29 is 13.9 Å². The quantitative estimate of drug-likeness (QED) is 0.751. The summed E-state index contributed by atoms with van der Waals surface area (Å²) in [6.07, 6.45) is 0.676. The lowest BCUT2D eigenvalue weighted by atomic mass is 10.2. The van der Waals surface area contributed by atoms with Crippen molar-refractivity contribution in [3.8, 4) is 17.6 Å². The molecule has 0 aliphatic heterocycles. The molecule has 0 saturated heterocycles. The summed E-state index contributed by atoms with van der Waals surface area (Å²) in [6.45, 7) is 0.930. The summed E-state index contributed by atoms with van der Waals surface area (Å²) in [5, 5.41) is 8.72. The Morgan fingerprint density at radius 1 is 1.00 bits per heavy atom. The van der Waals surface area contributed by atoms with Crippen LogP contribution < -0.4 is 9.47 Å². The largest absolute Gasteiger partial charge is 0.493 e. The summed E-state index contributed by atoms with van der Waals surface area (Å²) in [6, 6.07) is 13.2. The number of rotatable bonds is 6. The normalized spacial score (nSPS) is 9.95. The Morgan fingerprint density at radius 2 is 1.62 bits per heavy atom. The Bertz CT molecular complexity index is 638. The minimum absolute atomic E-state index is 0.0429. The highest BCUT2D eigenvalue weighted by Gasteiger charge is 2.01. The third kappa shape index (κ3) is 4.66. The molecular formula is C16H13ClFNO2. The van der Waals surface area contributed by atoms with Gasteiger partial charge in [-0.25, -0.2) is 4.39 Å². The zero-order valence-corrected chi connectivity index (χ0v) is 11.9. The van der Waals surface area contributed by atoms with Gasteiger partial charge in [-0.05, 0) is 36.4 Å². The average Bonchev–Trinajstić information content (AvgIpc) is 2.51. The summed E-state index contributed by atoms with van der Waals surface area (Å²) < 4.78 is 23.9. The molecule has 0 aliphatic rings. The van der Waals surface area contributed by atoms with Gasteiger partial charge in [-0.15, -0.1) is 0 Å². The monoisotopic (exact) mass is 305 g/mol. The molecule has 2 aromatic carbocycles. The number of benzene rings is 2. The van der Waals surface area contributed by atoms with Gasteiger partial charge in [-0.3, -0.25) is 0 Å². The Kier molecular flexibility index (Phi) is 5.42. The molecule has 0 aliphatic carbocycles. The van der Waals surface area contributed by atoms with E-state index >= 15 is 0 Å². The lowest BCUT2D eigenvalue weighted by Gasteiger charge is -2.08. The lowest BCUT2D eigenvalue weighted by molar-refractivity contribution is 0.247. The highest BCUT2D eigenvalue weighted by atomic mass is 35.5. The van der Waals surface area contributed by atoms with E-state index in [9.17, 15) is 4.39 Å². The molecule has 0 atom stereocenters. The number of nitrogens with zero attached hydrogens (tertiary/aromatic N) is 1. The fourth-order valence-corrected chi connectivity index (χ4v) is 1.80. The predicted molar refractivity (Wildman–Crippen MR) is 78.2 cm³/mol. The molecule has 3 nitrogen and oxygen atoms in total. The smallest absolute Gasteiger partial charge is 0.142 e. The minimum atomic E-state index is -0.465. The molecule has 0 radical (unpaired) electrons. The Balaban J connectivity index is 1.69. The molecular weight excluding hydrogens is 293 g/mol. The van der Waals surface area contributed by atoms with Gasteiger partial charge in [-0.2, -0.15) is 5.26 Å². The van der Waals surface area contributed by atoms with Crippen LogP contribution in [-0.4, -0.2) is 13.2 Å². The van der Waals surface area contributed by atoms with Crippen molar-refractivity contribution in [1.82, 2.24) is 0 Å². The third-order valence-corrected chi connectivity index (χ3v) is 2.99. The maximum absolute atomic E-state index is 13.0. The van der Waals surface area contributed by atoms with Gasteiger partial charge in [-0.1, -0.05) is 11.6 Å². The Morgan fingerprint density at radius 3 is 2.24 bits per heavy atom. The average molecular weight is 306 g/mol. The predicted octanol–water partition coefficient (Wildman–Crippen LogP) is 4.20. The van der Waals surface area contributed by atoms with Crippen LogP contribution in [0.2, 0.25) is 5.02 Å². The Hall–Kier alpha value is -2.25. The number of ether oxygens (including phenoxy) is 2.